The predicted molar refractivity (Wildman–Crippen MR) is 110 cm³/mol. The van der Waals surface area contributed by atoms with Crippen molar-refractivity contribution in [2.45, 2.75) is 16.0 Å². The van der Waals surface area contributed by atoms with Crippen LogP contribution < -0.4 is 5.32 Å². The first-order valence-electron chi connectivity index (χ1n) is 8.41. The summed E-state index contributed by atoms with van der Waals surface area (Å²) in [5.41, 5.74) is 0.558. The zero-order valence-corrected chi connectivity index (χ0v) is 17.5. The third-order valence-corrected chi connectivity index (χ3v) is 5.55. The molecule has 0 aliphatic rings. The van der Waals surface area contributed by atoms with Gasteiger partial charge in [-0.2, -0.15) is 0 Å². The van der Waals surface area contributed by atoms with Crippen LogP contribution in [0.3, 0.4) is 0 Å². The number of furan rings is 1. The molecule has 1 amide bonds. The number of rotatable bonds is 7. The average Bonchev–Trinajstić information content (AvgIpc) is 3.18. The normalized spacial score (nSPS) is 12.1. The highest BCUT2D eigenvalue weighted by molar-refractivity contribution is 9.10. The SMILES string of the molecule is CN(C)C(CNC(=O)c1cccnc1Sc1ccc(Br)cc1)c1ccco1. The second-order valence-corrected chi connectivity index (χ2v) is 8.09. The van der Waals surface area contributed by atoms with Crippen LogP contribution in [0.1, 0.15) is 22.2 Å². The van der Waals surface area contributed by atoms with E-state index in [0.29, 0.717) is 17.1 Å². The summed E-state index contributed by atoms with van der Waals surface area (Å²) in [7, 11) is 3.91. The van der Waals surface area contributed by atoms with Crippen LogP contribution >= 0.6 is 27.7 Å². The Morgan fingerprint density at radius 1 is 1.22 bits per heavy atom. The van der Waals surface area contributed by atoms with Gasteiger partial charge in [-0.3, -0.25) is 9.69 Å². The molecule has 0 saturated carbocycles. The lowest BCUT2D eigenvalue weighted by atomic mass is 10.2. The molecule has 0 aliphatic carbocycles. The van der Waals surface area contributed by atoms with E-state index in [1.807, 2.05) is 55.4 Å². The summed E-state index contributed by atoms with van der Waals surface area (Å²) in [6.07, 6.45) is 3.34. The van der Waals surface area contributed by atoms with E-state index >= 15 is 0 Å². The van der Waals surface area contributed by atoms with Crippen LogP contribution in [0.4, 0.5) is 0 Å². The van der Waals surface area contributed by atoms with E-state index in [9.17, 15) is 4.79 Å². The van der Waals surface area contributed by atoms with Gasteiger partial charge in [0.2, 0.25) is 0 Å². The maximum atomic E-state index is 12.8. The number of halogens is 1. The minimum atomic E-state index is -0.152. The molecule has 1 atom stereocenters. The minimum Gasteiger partial charge on any atom is -0.468 e. The van der Waals surface area contributed by atoms with E-state index < -0.39 is 0 Å². The van der Waals surface area contributed by atoms with Crippen LogP contribution in [0, 0.1) is 0 Å². The highest BCUT2D eigenvalue weighted by Gasteiger charge is 2.20. The number of pyridine rings is 1. The summed E-state index contributed by atoms with van der Waals surface area (Å²) in [5.74, 6) is 0.664. The first-order valence-corrected chi connectivity index (χ1v) is 10.0. The van der Waals surface area contributed by atoms with Crippen molar-refractivity contribution in [3.05, 3.63) is 76.8 Å². The molecule has 5 nitrogen and oxygen atoms in total. The molecule has 3 rings (SSSR count). The number of nitrogens with zero attached hydrogens (tertiary/aromatic N) is 2. The molecule has 27 heavy (non-hydrogen) atoms. The van der Waals surface area contributed by atoms with Crippen LogP contribution in [0.25, 0.3) is 0 Å². The van der Waals surface area contributed by atoms with Crippen LogP contribution in [0.5, 0.6) is 0 Å². The maximum absolute atomic E-state index is 12.8. The molecule has 1 N–H and O–H groups in total. The van der Waals surface area contributed by atoms with E-state index in [-0.39, 0.29) is 11.9 Å². The number of carbonyl (C=O) groups is 1. The van der Waals surface area contributed by atoms with E-state index in [2.05, 4.69) is 26.2 Å². The lowest BCUT2D eigenvalue weighted by Gasteiger charge is -2.22. The Hall–Kier alpha value is -2.09. The summed E-state index contributed by atoms with van der Waals surface area (Å²) in [4.78, 5) is 20.2. The first-order chi connectivity index (χ1) is 13.0. The Morgan fingerprint density at radius 3 is 2.67 bits per heavy atom. The number of amides is 1. The summed E-state index contributed by atoms with van der Waals surface area (Å²) >= 11 is 4.90. The Labute approximate surface area is 171 Å². The van der Waals surface area contributed by atoms with Gasteiger partial charge in [-0.15, -0.1) is 0 Å². The topological polar surface area (TPSA) is 58.4 Å². The summed E-state index contributed by atoms with van der Waals surface area (Å²) in [5, 5.41) is 3.68. The molecule has 0 spiro atoms. The zero-order chi connectivity index (χ0) is 19.2. The van der Waals surface area contributed by atoms with Crippen LogP contribution in [-0.2, 0) is 0 Å². The quantitative estimate of drug-likeness (QED) is 0.574. The van der Waals surface area contributed by atoms with Gasteiger partial charge in [0, 0.05) is 22.1 Å². The smallest absolute Gasteiger partial charge is 0.254 e. The predicted octanol–water partition coefficient (Wildman–Crippen LogP) is 4.62. The zero-order valence-electron chi connectivity index (χ0n) is 15.1. The number of carbonyl (C=O) groups excluding carboxylic acids is 1. The Kier molecular flexibility index (Phi) is 6.71. The van der Waals surface area contributed by atoms with Crippen molar-refractivity contribution in [3.8, 4) is 0 Å². The van der Waals surface area contributed by atoms with Gasteiger partial charge in [0.05, 0.1) is 17.9 Å². The van der Waals surface area contributed by atoms with Crippen LogP contribution in [0.15, 0.2) is 79.8 Å². The van der Waals surface area contributed by atoms with E-state index in [1.54, 1.807) is 24.6 Å². The number of nitrogens with one attached hydrogen (secondary N) is 1. The summed E-state index contributed by atoms with van der Waals surface area (Å²) in [6.45, 7) is 0.441. The third-order valence-electron chi connectivity index (χ3n) is 3.99. The third kappa shape index (κ3) is 5.22. The second-order valence-electron chi connectivity index (χ2n) is 6.12. The van der Waals surface area contributed by atoms with Gasteiger partial charge in [0.25, 0.3) is 5.91 Å². The van der Waals surface area contributed by atoms with Crippen molar-refractivity contribution in [1.29, 1.82) is 0 Å². The molecule has 2 heterocycles. The van der Waals surface area contributed by atoms with Crippen molar-refractivity contribution < 1.29 is 9.21 Å². The molecule has 0 radical (unpaired) electrons. The number of hydrogen-bond donors (Lipinski definition) is 1. The van der Waals surface area contributed by atoms with Crippen molar-refractivity contribution >= 4 is 33.6 Å². The van der Waals surface area contributed by atoms with E-state index in [1.165, 1.54) is 11.8 Å². The van der Waals surface area contributed by atoms with Crippen molar-refractivity contribution in [2.75, 3.05) is 20.6 Å². The fourth-order valence-corrected chi connectivity index (χ4v) is 3.71. The van der Waals surface area contributed by atoms with E-state index in [4.69, 9.17) is 4.42 Å². The Morgan fingerprint density at radius 2 is 2.00 bits per heavy atom. The molecular weight excluding hydrogens is 426 g/mol. The number of hydrogen-bond acceptors (Lipinski definition) is 5. The fourth-order valence-electron chi connectivity index (χ4n) is 2.56. The molecule has 1 aromatic carbocycles. The first kappa shape index (κ1) is 19.7. The lowest BCUT2D eigenvalue weighted by Crippen LogP contribution is -2.34. The minimum absolute atomic E-state index is 0.0387. The molecule has 1 unspecified atom stereocenters. The highest BCUT2D eigenvalue weighted by Crippen LogP contribution is 2.29. The second kappa shape index (κ2) is 9.21. The van der Waals surface area contributed by atoms with E-state index in [0.717, 1.165) is 15.1 Å². The Balaban J connectivity index is 1.72. The van der Waals surface area contributed by atoms with Gasteiger partial charge >= 0.3 is 0 Å². The maximum Gasteiger partial charge on any atom is 0.254 e. The van der Waals surface area contributed by atoms with Gasteiger partial charge < -0.3 is 9.73 Å². The largest absolute Gasteiger partial charge is 0.468 e. The lowest BCUT2D eigenvalue weighted by molar-refractivity contribution is 0.0935. The van der Waals surface area contributed by atoms with Gasteiger partial charge in [0.15, 0.2) is 0 Å². The fraction of sp³-hybridized carbons (Fsp3) is 0.200. The van der Waals surface area contributed by atoms with Crippen molar-refractivity contribution in [2.24, 2.45) is 0 Å². The average molecular weight is 446 g/mol. The van der Waals surface area contributed by atoms with Crippen molar-refractivity contribution in [3.63, 3.8) is 0 Å². The molecule has 3 aromatic rings. The van der Waals surface area contributed by atoms with Gasteiger partial charge in [0.1, 0.15) is 10.8 Å². The molecule has 0 fully saturated rings. The van der Waals surface area contributed by atoms with Gasteiger partial charge in [-0.25, -0.2) is 4.98 Å². The molecule has 0 aliphatic heterocycles. The molecule has 0 bridgehead atoms. The molecular formula is C20H20BrN3O2S. The number of likely N-dealkylation sites (N-methyl/N-ethyl adjacent to an activating group) is 1. The van der Waals surface area contributed by atoms with Crippen LogP contribution in [-0.4, -0.2) is 36.4 Å². The van der Waals surface area contributed by atoms with Gasteiger partial charge in [-0.1, -0.05) is 27.7 Å². The Bertz CT molecular complexity index is 883. The molecule has 0 saturated heterocycles. The van der Waals surface area contributed by atoms with Gasteiger partial charge in [-0.05, 0) is 62.6 Å². The monoisotopic (exact) mass is 445 g/mol. The molecule has 140 valence electrons. The van der Waals surface area contributed by atoms with Crippen LogP contribution in [0.2, 0.25) is 0 Å². The van der Waals surface area contributed by atoms with Crippen molar-refractivity contribution in [1.82, 2.24) is 15.2 Å². The summed E-state index contributed by atoms with van der Waals surface area (Å²) in [6, 6.07) is 15.2. The standard InChI is InChI=1S/C20H20BrN3O2S/c1-24(2)17(18-6-4-12-26-18)13-23-19(25)16-5-3-11-22-20(16)27-15-9-7-14(21)8-10-15/h3-12,17H,13H2,1-2H3,(H,23,25). The summed E-state index contributed by atoms with van der Waals surface area (Å²) < 4.78 is 6.51. The highest BCUT2D eigenvalue weighted by atomic mass is 79.9. The number of benzene rings is 1. The number of aromatic nitrogens is 1. The molecule has 2 aromatic heterocycles. The molecule has 7 heteroatoms.